The third-order valence-corrected chi connectivity index (χ3v) is 11.8. The molecular formula is C47H79N2O13PS. The molecule has 0 saturated carbocycles. The molecule has 0 aliphatic heterocycles. The molecule has 64 heavy (non-hydrogen) atoms. The van der Waals surface area contributed by atoms with E-state index in [1.165, 1.54) is 50.3 Å². The zero-order chi connectivity index (χ0) is 47.7. The fourth-order valence-electron chi connectivity index (χ4n) is 5.65. The van der Waals surface area contributed by atoms with Gasteiger partial charge in [0.25, 0.3) is 0 Å². The van der Waals surface area contributed by atoms with Gasteiger partial charge in [0.05, 0.1) is 19.3 Å². The number of carboxylic acids is 2. The van der Waals surface area contributed by atoms with Crippen molar-refractivity contribution >= 4 is 43.5 Å². The number of phosphoric ester groups is 1. The van der Waals surface area contributed by atoms with Crippen LogP contribution in [-0.2, 0) is 42.3 Å². The second-order valence-corrected chi connectivity index (χ2v) is 18.1. The van der Waals surface area contributed by atoms with Gasteiger partial charge in [-0.3, -0.25) is 28.2 Å². The van der Waals surface area contributed by atoms with Crippen molar-refractivity contribution in [3.8, 4) is 0 Å². The Morgan fingerprint density at radius 2 is 1.22 bits per heavy atom. The molecule has 0 amide bonds. The number of aliphatic hydroxyl groups excluding tert-OH is 1. The molecule has 0 radical (unpaired) electrons. The lowest BCUT2D eigenvalue weighted by molar-refractivity contribution is -0.161. The van der Waals surface area contributed by atoms with Crippen molar-refractivity contribution in [1.82, 2.24) is 0 Å². The number of carbonyl (C=O) groups is 4. The number of hydrogen-bond acceptors (Lipinski definition) is 13. The summed E-state index contributed by atoms with van der Waals surface area (Å²) in [6, 6.07) is -2.80. The number of phosphoric acid groups is 1. The van der Waals surface area contributed by atoms with Crippen LogP contribution in [0.25, 0.3) is 0 Å². The highest BCUT2D eigenvalue weighted by Gasteiger charge is 2.29. The Bertz CT molecular complexity index is 1490. The van der Waals surface area contributed by atoms with Gasteiger partial charge < -0.3 is 41.2 Å². The van der Waals surface area contributed by atoms with Crippen LogP contribution in [0, 0.1) is 0 Å². The Labute approximate surface area is 386 Å². The Morgan fingerprint density at radius 1 is 0.656 bits per heavy atom. The topological polar surface area (TPSA) is 255 Å². The number of aliphatic hydroxyl groups is 1. The molecule has 1 unspecified atom stereocenters. The summed E-state index contributed by atoms with van der Waals surface area (Å²) in [7, 11) is -4.86. The lowest BCUT2D eigenvalue weighted by Crippen LogP contribution is -2.38. The highest BCUT2D eigenvalue weighted by atomic mass is 32.2. The summed E-state index contributed by atoms with van der Waals surface area (Å²) in [5.41, 5.74) is 11.5. The van der Waals surface area contributed by atoms with Crippen LogP contribution in [0.4, 0.5) is 0 Å². The molecule has 0 aromatic heterocycles. The minimum absolute atomic E-state index is 0.00463. The first-order valence-corrected chi connectivity index (χ1v) is 25.4. The number of rotatable bonds is 42. The minimum atomic E-state index is -4.86. The molecule has 0 heterocycles. The third kappa shape index (κ3) is 38.0. The van der Waals surface area contributed by atoms with Crippen LogP contribution in [-0.4, -0.2) is 99.2 Å². The first kappa shape index (κ1) is 60.7. The third-order valence-electron chi connectivity index (χ3n) is 9.42. The summed E-state index contributed by atoms with van der Waals surface area (Å²) in [5, 5.41) is 28.3. The van der Waals surface area contributed by atoms with E-state index in [1.807, 2.05) is 18.2 Å². The maximum atomic E-state index is 13.0. The van der Waals surface area contributed by atoms with Crippen molar-refractivity contribution in [2.24, 2.45) is 11.5 Å². The summed E-state index contributed by atoms with van der Waals surface area (Å²) in [5.74, 6) is -3.98. The molecule has 0 aromatic rings. The summed E-state index contributed by atoms with van der Waals surface area (Å²) in [6.07, 6.45) is 38.7. The maximum Gasteiger partial charge on any atom is 0.472 e. The van der Waals surface area contributed by atoms with E-state index in [0.29, 0.717) is 6.42 Å². The maximum absolute atomic E-state index is 13.0. The highest BCUT2D eigenvalue weighted by Crippen LogP contribution is 2.43. The molecule has 0 aliphatic rings. The van der Waals surface area contributed by atoms with E-state index < -0.39 is 81.1 Å². The van der Waals surface area contributed by atoms with E-state index in [1.54, 1.807) is 18.2 Å². The molecule has 0 fully saturated rings. The van der Waals surface area contributed by atoms with E-state index >= 15 is 0 Å². The zero-order valence-electron chi connectivity index (χ0n) is 38.3. The smallest absolute Gasteiger partial charge is 0.472 e. The van der Waals surface area contributed by atoms with Gasteiger partial charge in [0, 0.05) is 23.8 Å². The molecule has 17 heteroatoms. The lowest BCUT2D eigenvalue weighted by atomic mass is 10.1. The van der Waals surface area contributed by atoms with E-state index in [0.717, 1.165) is 57.8 Å². The van der Waals surface area contributed by atoms with E-state index in [-0.39, 0.29) is 31.4 Å². The number of esters is 2. The number of ether oxygens (including phenoxy) is 2. The van der Waals surface area contributed by atoms with Gasteiger partial charge in [0.1, 0.15) is 18.7 Å². The molecule has 0 bridgehead atoms. The quantitative estimate of drug-likeness (QED) is 0.0110. The van der Waals surface area contributed by atoms with Gasteiger partial charge in [-0.1, -0.05) is 132 Å². The number of thioether (sulfide) groups is 1. The summed E-state index contributed by atoms with van der Waals surface area (Å²) < 4.78 is 32.8. The second-order valence-electron chi connectivity index (χ2n) is 15.4. The lowest BCUT2D eigenvalue weighted by Gasteiger charge is -2.22. The van der Waals surface area contributed by atoms with Gasteiger partial charge in [-0.25, -0.2) is 4.57 Å². The molecule has 0 rings (SSSR count). The van der Waals surface area contributed by atoms with E-state index in [4.69, 9.17) is 35.7 Å². The number of carbonyl (C=O) groups excluding carboxylic acids is 2. The normalized spacial score (nSPS) is 15.7. The number of unbranched alkanes of at least 4 members (excludes halogenated alkanes) is 11. The molecule has 366 valence electrons. The number of carboxylic acid groups (broad SMARTS) is 2. The summed E-state index contributed by atoms with van der Waals surface area (Å²) >= 11 is 1.17. The molecule has 0 saturated heterocycles. The van der Waals surface area contributed by atoms with Crippen molar-refractivity contribution in [1.29, 1.82) is 0 Å². The van der Waals surface area contributed by atoms with Crippen molar-refractivity contribution in [2.45, 2.75) is 172 Å². The van der Waals surface area contributed by atoms with Gasteiger partial charge in [0.2, 0.25) is 0 Å². The fourth-order valence-corrected chi connectivity index (χ4v) is 7.56. The van der Waals surface area contributed by atoms with Crippen LogP contribution in [0.15, 0.2) is 72.9 Å². The van der Waals surface area contributed by atoms with Crippen molar-refractivity contribution in [3.63, 3.8) is 0 Å². The van der Waals surface area contributed by atoms with Gasteiger partial charge in [-0.15, -0.1) is 11.8 Å². The van der Waals surface area contributed by atoms with Crippen molar-refractivity contribution in [2.75, 3.05) is 25.6 Å². The summed E-state index contributed by atoms with van der Waals surface area (Å²) in [6.45, 7) is 2.20. The van der Waals surface area contributed by atoms with Crippen LogP contribution < -0.4 is 11.5 Å². The Hall–Kier alpha value is -3.34. The molecule has 0 aromatic carbocycles. The SMILES string of the molecule is CCCCC/C=C\C\C=C/C=C/C=C/[C@@H](SC[C@H](N)C(=O)OC[C@H](COP(=O)(O)OC[C@H](N)C(=O)O)OC(=O)CCCCCCC/C=C\C/C=C\CCCCC)[C@@H](O)CCCC(=O)O. The molecule has 0 spiro atoms. The first-order valence-electron chi connectivity index (χ1n) is 22.9. The van der Waals surface area contributed by atoms with Crippen LogP contribution in [0.5, 0.6) is 0 Å². The van der Waals surface area contributed by atoms with E-state index in [9.17, 15) is 33.7 Å². The molecule has 0 aliphatic carbocycles. The van der Waals surface area contributed by atoms with Crippen LogP contribution >= 0.6 is 19.6 Å². The minimum Gasteiger partial charge on any atom is -0.481 e. The fraction of sp³-hybridized carbons (Fsp3) is 0.660. The largest absolute Gasteiger partial charge is 0.481 e. The predicted octanol–water partition coefficient (Wildman–Crippen LogP) is 9.04. The van der Waals surface area contributed by atoms with E-state index in [2.05, 4.69) is 54.8 Å². The van der Waals surface area contributed by atoms with Crippen LogP contribution in [0.1, 0.15) is 142 Å². The van der Waals surface area contributed by atoms with Gasteiger partial charge >= 0.3 is 31.7 Å². The highest BCUT2D eigenvalue weighted by molar-refractivity contribution is 8.00. The first-order chi connectivity index (χ1) is 30.7. The number of nitrogens with two attached hydrogens (primary N) is 2. The van der Waals surface area contributed by atoms with Crippen molar-refractivity contribution < 1.29 is 62.5 Å². The summed E-state index contributed by atoms with van der Waals surface area (Å²) in [4.78, 5) is 57.9. The van der Waals surface area contributed by atoms with Gasteiger partial charge in [-0.2, -0.15) is 0 Å². The number of aliphatic carboxylic acids is 2. The molecule has 6 atom stereocenters. The monoisotopic (exact) mass is 943 g/mol. The Balaban J connectivity index is 5.27. The molecular weight excluding hydrogens is 864 g/mol. The van der Waals surface area contributed by atoms with Crippen LogP contribution in [0.3, 0.4) is 0 Å². The second kappa shape index (κ2) is 41.1. The van der Waals surface area contributed by atoms with Gasteiger partial charge in [-0.05, 0) is 70.6 Å². The number of allylic oxidation sites excluding steroid dienone is 11. The Kier molecular flexibility index (Phi) is 39.0. The Morgan fingerprint density at radius 3 is 1.83 bits per heavy atom. The zero-order valence-corrected chi connectivity index (χ0v) is 40.0. The standard InChI is InChI=1S/C47H79N2O13PS/c1-3-5-7-9-11-13-15-17-18-19-21-23-25-27-29-34-45(53)62-39(36-60-63(57,58)61-37-40(48)46(54)55)35-59-47(56)41(49)38-64-43(42(50)31-30-33-44(51)52)32-28-26-24-22-20-16-14-12-10-8-6-4-2/h11-14,17-18,20,22,24,26,28,32,39-43,50H,3-10,15-16,19,21,23,25,27,29-31,33-38,48-49H2,1-2H3,(H,51,52)(H,54,55)(H,57,58)/b13-11-,14-12-,18-17-,22-20-,26-24+,32-28+/t39-,40+,41+,42+,43-/m1/s1. The van der Waals surface area contributed by atoms with Gasteiger partial charge in [0.15, 0.2) is 6.10 Å². The number of hydrogen-bond donors (Lipinski definition) is 6. The molecule has 8 N–H and O–H groups in total. The van der Waals surface area contributed by atoms with Crippen molar-refractivity contribution in [3.05, 3.63) is 72.9 Å². The predicted molar refractivity (Wildman–Crippen MR) is 255 cm³/mol. The molecule has 15 nitrogen and oxygen atoms in total. The average molecular weight is 943 g/mol. The van der Waals surface area contributed by atoms with Crippen LogP contribution in [0.2, 0.25) is 0 Å². The average Bonchev–Trinajstić information content (AvgIpc) is 3.25.